The summed E-state index contributed by atoms with van der Waals surface area (Å²) < 4.78 is 10.4. The topological polar surface area (TPSA) is 46.1 Å². The normalized spacial score (nSPS) is 11.7. The van der Waals surface area contributed by atoms with E-state index in [4.69, 9.17) is 14.5 Å². The minimum atomic E-state index is 0.664. The Hall–Kier alpha value is -1.11. The molecule has 0 unspecified atom stereocenters. The number of thiophene rings is 1. The zero-order chi connectivity index (χ0) is 16.8. The molecular formula is C17H31N3O2S. The van der Waals surface area contributed by atoms with Crippen molar-refractivity contribution in [3.8, 4) is 0 Å². The van der Waals surface area contributed by atoms with E-state index in [1.807, 2.05) is 11.3 Å². The molecule has 6 heteroatoms. The van der Waals surface area contributed by atoms with E-state index in [0.717, 1.165) is 51.5 Å². The third-order valence-electron chi connectivity index (χ3n) is 3.36. The summed E-state index contributed by atoms with van der Waals surface area (Å²) in [5, 5.41) is 5.49. The van der Waals surface area contributed by atoms with Gasteiger partial charge in [-0.2, -0.15) is 0 Å². The molecule has 0 saturated carbocycles. The van der Waals surface area contributed by atoms with Gasteiger partial charge in [-0.1, -0.05) is 6.07 Å². The second kappa shape index (κ2) is 13.3. The van der Waals surface area contributed by atoms with Crippen LogP contribution in [-0.4, -0.2) is 64.5 Å². The van der Waals surface area contributed by atoms with E-state index < -0.39 is 0 Å². The molecule has 1 N–H and O–H groups in total. The lowest BCUT2D eigenvalue weighted by molar-refractivity contribution is 0.0690. The molecule has 1 aromatic heterocycles. The van der Waals surface area contributed by atoms with Crippen molar-refractivity contribution in [1.29, 1.82) is 0 Å². The van der Waals surface area contributed by atoms with Crippen molar-refractivity contribution in [2.75, 3.05) is 53.6 Å². The Balaban J connectivity index is 2.23. The van der Waals surface area contributed by atoms with E-state index in [2.05, 4.69) is 41.7 Å². The molecule has 0 fully saturated rings. The summed E-state index contributed by atoms with van der Waals surface area (Å²) in [6, 6.07) is 4.29. The molecule has 0 radical (unpaired) electrons. The minimum Gasteiger partial charge on any atom is -0.382 e. The molecule has 0 aliphatic carbocycles. The molecule has 0 atom stereocenters. The standard InChI is InChI=1S/C17H31N3O2S/c1-4-18-17(19-10-5-6-12-22-14-13-21-3)20(2)11-9-16-8-7-15-23-16/h7-8,15H,4-6,9-14H2,1-3H3,(H,18,19). The predicted molar refractivity (Wildman–Crippen MR) is 98.6 cm³/mol. The van der Waals surface area contributed by atoms with Crippen LogP contribution in [0.4, 0.5) is 0 Å². The fourth-order valence-electron chi connectivity index (χ4n) is 2.05. The maximum Gasteiger partial charge on any atom is 0.193 e. The smallest absolute Gasteiger partial charge is 0.193 e. The number of aliphatic imine (C=N–C) groups is 1. The zero-order valence-electron chi connectivity index (χ0n) is 14.7. The Bertz CT molecular complexity index is 410. The molecule has 0 bridgehead atoms. The highest BCUT2D eigenvalue weighted by Crippen LogP contribution is 2.09. The largest absolute Gasteiger partial charge is 0.382 e. The van der Waals surface area contributed by atoms with Crippen molar-refractivity contribution in [3.63, 3.8) is 0 Å². The fraction of sp³-hybridized carbons (Fsp3) is 0.706. The molecule has 0 saturated heterocycles. The van der Waals surface area contributed by atoms with Gasteiger partial charge in [-0.25, -0.2) is 0 Å². The molecule has 0 amide bonds. The van der Waals surface area contributed by atoms with Crippen LogP contribution in [0.5, 0.6) is 0 Å². The van der Waals surface area contributed by atoms with Crippen LogP contribution in [-0.2, 0) is 15.9 Å². The molecule has 23 heavy (non-hydrogen) atoms. The number of methoxy groups -OCH3 is 1. The van der Waals surface area contributed by atoms with Crippen molar-refractivity contribution in [3.05, 3.63) is 22.4 Å². The molecule has 5 nitrogen and oxygen atoms in total. The highest BCUT2D eigenvalue weighted by atomic mass is 32.1. The molecule has 132 valence electrons. The molecule has 1 rings (SSSR count). The minimum absolute atomic E-state index is 0.664. The maximum atomic E-state index is 5.46. The van der Waals surface area contributed by atoms with Gasteiger partial charge in [0.15, 0.2) is 5.96 Å². The number of rotatable bonds is 12. The van der Waals surface area contributed by atoms with E-state index in [0.29, 0.717) is 13.2 Å². The van der Waals surface area contributed by atoms with E-state index in [1.165, 1.54) is 4.88 Å². The summed E-state index contributed by atoms with van der Waals surface area (Å²) in [5.41, 5.74) is 0. The fourth-order valence-corrected chi connectivity index (χ4v) is 2.75. The monoisotopic (exact) mass is 341 g/mol. The van der Waals surface area contributed by atoms with E-state index in [-0.39, 0.29) is 0 Å². The highest BCUT2D eigenvalue weighted by Gasteiger charge is 2.05. The molecule has 0 aliphatic heterocycles. The number of ether oxygens (including phenoxy) is 2. The van der Waals surface area contributed by atoms with Crippen LogP contribution in [0.2, 0.25) is 0 Å². The van der Waals surface area contributed by atoms with Crippen LogP contribution < -0.4 is 5.32 Å². The van der Waals surface area contributed by atoms with E-state index in [9.17, 15) is 0 Å². The number of nitrogens with zero attached hydrogens (tertiary/aromatic N) is 2. The van der Waals surface area contributed by atoms with Gasteiger partial charge >= 0.3 is 0 Å². The van der Waals surface area contributed by atoms with Gasteiger partial charge in [0.1, 0.15) is 0 Å². The van der Waals surface area contributed by atoms with Crippen molar-refractivity contribution in [2.24, 2.45) is 4.99 Å². The summed E-state index contributed by atoms with van der Waals surface area (Å²) in [4.78, 5) is 8.33. The number of nitrogens with one attached hydrogen (secondary N) is 1. The number of guanidine groups is 1. The Kier molecular flexibility index (Phi) is 11.6. The van der Waals surface area contributed by atoms with Crippen LogP contribution in [0.15, 0.2) is 22.5 Å². The van der Waals surface area contributed by atoms with Crippen molar-refractivity contribution >= 4 is 17.3 Å². The Morgan fingerprint density at radius 3 is 2.87 bits per heavy atom. The molecule has 1 aromatic rings. The van der Waals surface area contributed by atoms with Gasteiger partial charge in [0.2, 0.25) is 0 Å². The molecular weight excluding hydrogens is 310 g/mol. The Labute approximate surface area is 144 Å². The van der Waals surface area contributed by atoms with Gasteiger partial charge in [-0.15, -0.1) is 11.3 Å². The summed E-state index contributed by atoms with van der Waals surface area (Å²) in [6.07, 6.45) is 3.14. The van der Waals surface area contributed by atoms with Crippen LogP contribution >= 0.6 is 11.3 Å². The zero-order valence-corrected chi connectivity index (χ0v) is 15.5. The second-order valence-electron chi connectivity index (χ2n) is 5.30. The second-order valence-corrected chi connectivity index (χ2v) is 6.33. The number of hydrogen-bond donors (Lipinski definition) is 1. The lowest BCUT2D eigenvalue weighted by Gasteiger charge is -2.21. The average molecular weight is 342 g/mol. The molecule has 0 spiro atoms. The van der Waals surface area contributed by atoms with Crippen molar-refractivity contribution < 1.29 is 9.47 Å². The first kappa shape index (κ1) is 19.9. The lowest BCUT2D eigenvalue weighted by Crippen LogP contribution is -2.40. The predicted octanol–water partition coefficient (Wildman–Crippen LogP) is 2.63. The molecule has 0 aromatic carbocycles. The Morgan fingerprint density at radius 1 is 1.30 bits per heavy atom. The summed E-state index contributed by atoms with van der Waals surface area (Å²) in [6.45, 7) is 6.93. The van der Waals surface area contributed by atoms with E-state index in [1.54, 1.807) is 7.11 Å². The van der Waals surface area contributed by atoms with Crippen LogP contribution in [0, 0.1) is 0 Å². The van der Waals surface area contributed by atoms with Gasteiger partial charge < -0.3 is 19.7 Å². The summed E-state index contributed by atoms with van der Waals surface area (Å²) >= 11 is 1.81. The van der Waals surface area contributed by atoms with Crippen LogP contribution in [0.25, 0.3) is 0 Å². The molecule has 0 aliphatic rings. The SMILES string of the molecule is CCNC(=NCCCCOCCOC)N(C)CCc1cccs1. The molecule has 1 heterocycles. The van der Waals surface area contributed by atoms with Crippen molar-refractivity contribution in [1.82, 2.24) is 10.2 Å². The first-order valence-corrected chi connectivity index (χ1v) is 9.24. The van der Waals surface area contributed by atoms with Gasteiger partial charge in [-0.05, 0) is 37.6 Å². The highest BCUT2D eigenvalue weighted by molar-refractivity contribution is 7.09. The number of likely N-dealkylation sites (N-methyl/N-ethyl adjacent to an activating group) is 1. The Morgan fingerprint density at radius 2 is 2.17 bits per heavy atom. The first-order chi connectivity index (χ1) is 11.3. The van der Waals surface area contributed by atoms with Crippen LogP contribution in [0.3, 0.4) is 0 Å². The van der Waals surface area contributed by atoms with Gasteiger partial charge in [0, 0.05) is 45.3 Å². The third kappa shape index (κ3) is 9.58. The van der Waals surface area contributed by atoms with Gasteiger partial charge in [0.25, 0.3) is 0 Å². The first-order valence-electron chi connectivity index (χ1n) is 8.36. The third-order valence-corrected chi connectivity index (χ3v) is 4.30. The van der Waals surface area contributed by atoms with Crippen LogP contribution in [0.1, 0.15) is 24.6 Å². The number of hydrogen-bond acceptors (Lipinski definition) is 4. The quantitative estimate of drug-likeness (QED) is 0.361. The summed E-state index contributed by atoms with van der Waals surface area (Å²) in [5.74, 6) is 0.990. The average Bonchev–Trinajstić information content (AvgIpc) is 3.07. The maximum absolute atomic E-state index is 5.46. The van der Waals surface area contributed by atoms with E-state index >= 15 is 0 Å². The van der Waals surface area contributed by atoms with Gasteiger partial charge in [-0.3, -0.25) is 4.99 Å². The number of unbranched alkanes of at least 4 members (excludes halogenated alkanes) is 1. The van der Waals surface area contributed by atoms with Gasteiger partial charge in [0.05, 0.1) is 13.2 Å². The lowest BCUT2D eigenvalue weighted by atomic mass is 10.3. The summed E-state index contributed by atoms with van der Waals surface area (Å²) in [7, 11) is 3.79. The van der Waals surface area contributed by atoms with Crippen molar-refractivity contribution in [2.45, 2.75) is 26.2 Å².